The van der Waals surface area contributed by atoms with Crippen LogP contribution in [0.5, 0.6) is 0 Å². The molecule has 3 nitrogen and oxygen atoms in total. The van der Waals surface area contributed by atoms with Crippen LogP contribution < -0.4 is 0 Å². The maximum Gasteiger partial charge on any atom is 0.241 e. The van der Waals surface area contributed by atoms with Gasteiger partial charge in [0.25, 0.3) is 0 Å². The zero-order valence-electron chi connectivity index (χ0n) is 4.79. The SMILES string of the molecule is Cc1cc(N=C=O)sn1. The number of rotatable bonds is 1. The molecule has 0 spiro atoms. The maximum absolute atomic E-state index is 9.67. The van der Waals surface area contributed by atoms with Crippen molar-refractivity contribution in [1.29, 1.82) is 0 Å². The van der Waals surface area contributed by atoms with Crippen molar-refractivity contribution in [2.24, 2.45) is 4.99 Å². The molecule has 0 aliphatic carbocycles. The molecule has 0 aromatic carbocycles. The lowest BCUT2D eigenvalue weighted by Crippen LogP contribution is -1.58. The largest absolute Gasteiger partial charge is 0.241 e. The van der Waals surface area contributed by atoms with Crippen molar-refractivity contribution in [3.63, 3.8) is 0 Å². The molecule has 1 aromatic heterocycles. The number of nitrogens with zero attached hydrogens (tertiary/aromatic N) is 2. The summed E-state index contributed by atoms with van der Waals surface area (Å²) in [6, 6.07) is 1.73. The van der Waals surface area contributed by atoms with Gasteiger partial charge in [0, 0.05) is 0 Å². The van der Waals surface area contributed by atoms with Crippen molar-refractivity contribution in [2.45, 2.75) is 6.92 Å². The van der Waals surface area contributed by atoms with E-state index < -0.39 is 0 Å². The Kier molecular flexibility index (Phi) is 1.72. The average molecular weight is 140 g/mol. The van der Waals surface area contributed by atoms with Crippen molar-refractivity contribution in [3.8, 4) is 0 Å². The van der Waals surface area contributed by atoms with Gasteiger partial charge in [0.05, 0.1) is 5.69 Å². The quantitative estimate of drug-likeness (QED) is 0.437. The Hall–Kier alpha value is -0.990. The number of isocyanates is 1. The number of hydrogen-bond donors (Lipinski definition) is 0. The second-order valence-electron chi connectivity index (χ2n) is 1.51. The second kappa shape index (κ2) is 2.53. The van der Waals surface area contributed by atoms with Gasteiger partial charge in [-0.3, -0.25) is 0 Å². The van der Waals surface area contributed by atoms with Gasteiger partial charge in [0.15, 0.2) is 0 Å². The smallest absolute Gasteiger partial charge is 0.211 e. The van der Waals surface area contributed by atoms with Gasteiger partial charge < -0.3 is 0 Å². The van der Waals surface area contributed by atoms with Gasteiger partial charge in [0.2, 0.25) is 6.08 Å². The molecule has 1 heterocycles. The van der Waals surface area contributed by atoms with E-state index in [-0.39, 0.29) is 0 Å². The topological polar surface area (TPSA) is 42.3 Å². The number of aliphatic imine (C=N–C) groups is 1. The van der Waals surface area contributed by atoms with Crippen molar-refractivity contribution < 1.29 is 4.79 Å². The highest BCUT2D eigenvalue weighted by Gasteiger charge is 1.92. The summed E-state index contributed by atoms with van der Waals surface area (Å²) in [5.74, 6) is 0. The summed E-state index contributed by atoms with van der Waals surface area (Å²) in [6.07, 6.45) is 1.44. The van der Waals surface area contributed by atoms with E-state index in [0.717, 1.165) is 5.69 Å². The highest BCUT2D eigenvalue weighted by atomic mass is 32.1. The van der Waals surface area contributed by atoms with Crippen molar-refractivity contribution in [1.82, 2.24) is 4.37 Å². The molecule has 0 aliphatic heterocycles. The molecule has 0 aliphatic rings. The minimum absolute atomic E-state index is 0.613. The molecular formula is C5H4N2OS. The molecule has 1 aromatic rings. The maximum atomic E-state index is 9.67. The van der Waals surface area contributed by atoms with Crippen LogP contribution in [0.1, 0.15) is 5.69 Å². The van der Waals surface area contributed by atoms with Crippen LogP contribution >= 0.6 is 11.5 Å². The average Bonchev–Trinajstić information content (AvgIpc) is 2.17. The van der Waals surface area contributed by atoms with E-state index in [1.54, 1.807) is 6.07 Å². The Morgan fingerprint density at radius 1 is 1.89 bits per heavy atom. The van der Waals surface area contributed by atoms with Gasteiger partial charge in [0.1, 0.15) is 5.00 Å². The summed E-state index contributed by atoms with van der Waals surface area (Å²) < 4.78 is 3.90. The molecule has 0 saturated heterocycles. The summed E-state index contributed by atoms with van der Waals surface area (Å²) >= 11 is 1.19. The summed E-state index contributed by atoms with van der Waals surface area (Å²) in [5, 5.41) is 0.613. The lowest BCUT2D eigenvalue weighted by Gasteiger charge is -1.68. The van der Waals surface area contributed by atoms with Crippen LogP contribution in [0, 0.1) is 6.92 Å². The molecule has 0 saturated carbocycles. The van der Waals surface area contributed by atoms with Gasteiger partial charge in [-0.15, -0.1) is 0 Å². The standard InChI is InChI=1S/C5H4N2OS/c1-4-2-5(6-3-8)9-7-4/h2H,1H3. The molecule has 0 amide bonds. The number of hydrogen-bond acceptors (Lipinski definition) is 4. The Balaban J connectivity index is 2.97. The Morgan fingerprint density at radius 3 is 3.11 bits per heavy atom. The van der Waals surface area contributed by atoms with E-state index in [9.17, 15) is 4.79 Å². The Labute approximate surface area is 56.2 Å². The highest BCUT2D eigenvalue weighted by Crippen LogP contribution is 2.17. The fourth-order valence-corrected chi connectivity index (χ4v) is 1.04. The molecule has 9 heavy (non-hydrogen) atoms. The lowest BCUT2D eigenvalue weighted by molar-refractivity contribution is 0.565. The van der Waals surface area contributed by atoms with Crippen LogP contribution in [0.4, 0.5) is 5.00 Å². The van der Waals surface area contributed by atoms with E-state index in [1.807, 2.05) is 6.92 Å². The zero-order chi connectivity index (χ0) is 6.69. The molecule has 1 rings (SSSR count). The molecule has 46 valence electrons. The first-order valence-corrected chi connectivity index (χ1v) is 3.11. The van der Waals surface area contributed by atoms with Crippen LogP contribution in [-0.4, -0.2) is 10.5 Å². The minimum Gasteiger partial charge on any atom is -0.211 e. The second-order valence-corrected chi connectivity index (χ2v) is 2.29. The molecule has 0 atom stereocenters. The van der Waals surface area contributed by atoms with E-state index in [4.69, 9.17) is 0 Å². The highest BCUT2D eigenvalue weighted by molar-refractivity contribution is 7.09. The van der Waals surface area contributed by atoms with Crippen LogP contribution in [0.15, 0.2) is 11.1 Å². The molecule has 0 fully saturated rings. The third kappa shape index (κ3) is 1.45. The van der Waals surface area contributed by atoms with E-state index in [2.05, 4.69) is 9.37 Å². The van der Waals surface area contributed by atoms with Crippen molar-refractivity contribution >= 4 is 22.6 Å². The van der Waals surface area contributed by atoms with E-state index in [0.29, 0.717) is 5.00 Å². The summed E-state index contributed by atoms with van der Waals surface area (Å²) in [5.41, 5.74) is 0.883. The molecule has 0 radical (unpaired) electrons. The third-order valence-corrected chi connectivity index (χ3v) is 1.55. The van der Waals surface area contributed by atoms with Gasteiger partial charge in [-0.25, -0.2) is 4.79 Å². The Morgan fingerprint density at radius 2 is 2.67 bits per heavy atom. The van der Waals surface area contributed by atoms with Gasteiger partial charge in [-0.2, -0.15) is 9.37 Å². The van der Waals surface area contributed by atoms with Crippen LogP contribution in [0.3, 0.4) is 0 Å². The summed E-state index contributed by atoms with van der Waals surface area (Å²) in [7, 11) is 0. The van der Waals surface area contributed by atoms with Crippen molar-refractivity contribution in [2.75, 3.05) is 0 Å². The molecule has 0 N–H and O–H groups in total. The van der Waals surface area contributed by atoms with Crippen LogP contribution in [0.25, 0.3) is 0 Å². The van der Waals surface area contributed by atoms with Crippen LogP contribution in [0.2, 0.25) is 0 Å². The fourth-order valence-electron chi connectivity index (χ4n) is 0.448. The van der Waals surface area contributed by atoms with Crippen LogP contribution in [-0.2, 0) is 4.79 Å². The first-order valence-electron chi connectivity index (χ1n) is 2.34. The number of aryl methyl sites for hydroxylation is 1. The first-order chi connectivity index (χ1) is 4.33. The van der Waals surface area contributed by atoms with E-state index in [1.165, 1.54) is 17.6 Å². The van der Waals surface area contributed by atoms with Gasteiger partial charge in [-0.1, -0.05) is 0 Å². The molecule has 0 bridgehead atoms. The molecule has 4 heteroatoms. The number of aromatic nitrogens is 1. The summed E-state index contributed by atoms with van der Waals surface area (Å²) in [6.45, 7) is 1.85. The zero-order valence-corrected chi connectivity index (χ0v) is 5.60. The fraction of sp³-hybridized carbons (Fsp3) is 0.200. The molecule has 0 unspecified atom stereocenters. The predicted molar refractivity (Wildman–Crippen MR) is 34.6 cm³/mol. The first kappa shape index (κ1) is 6.13. The monoisotopic (exact) mass is 140 g/mol. The Bertz CT molecular complexity index is 249. The van der Waals surface area contributed by atoms with E-state index >= 15 is 0 Å². The third-order valence-electron chi connectivity index (χ3n) is 0.771. The normalized spacial score (nSPS) is 8.56. The number of carbonyl (C=O) groups excluding carboxylic acids is 1. The lowest BCUT2D eigenvalue weighted by atomic mass is 10.5. The van der Waals surface area contributed by atoms with Gasteiger partial charge >= 0.3 is 0 Å². The minimum atomic E-state index is 0.613. The predicted octanol–water partition coefficient (Wildman–Crippen LogP) is 1.42. The van der Waals surface area contributed by atoms with Gasteiger partial charge in [-0.05, 0) is 24.5 Å². The summed E-state index contributed by atoms with van der Waals surface area (Å²) in [4.78, 5) is 13.0. The molecular weight excluding hydrogens is 136 g/mol. The van der Waals surface area contributed by atoms with Crippen molar-refractivity contribution in [3.05, 3.63) is 11.8 Å².